The SMILES string of the molecule is CCOC(=O)C(C/C=C/c1ccccc1)(OCc1ccccc1)C(F)(F)F. The number of carbonyl (C=O) groups is 1. The number of benzene rings is 2. The monoisotopic (exact) mass is 378 g/mol. The highest BCUT2D eigenvalue weighted by Crippen LogP contribution is 2.39. The molecule has 1 atom stereocenters. The van der Waals surface area contributed by atoms with E-state index >= 15 is 0 Å². The highest BCUT2D eigenvalue weighted by molar-refractivity contribution is 5.81. The Morgan fingerprint density at radius 3 is 2.15 bits per heavy atom. The van der Waals surface area contributed by atoms with Crippen molar-refractivity contribution < 1.29 is 27.4 Å². The molecule has 2 rings (SSSR count). The van der Waals surface area contributed by atoms with Crippen molar-refractivity contribution in [1.82, 2.24) is 0 Å². The van der Waals surface area contributed by atoms with Gasteiger partial charge in [0.25, 0.3) is 5.60 Å². The van der Waals surface area contributed by atoms with Gasteiger partial charge >= 0.3 is 12.1 Å². The van der Waals surface area contributed by atoms with Gasteiger partial charge < -0.3 is 9.47 Å². The highest BCUT2D eigenvalue weighted by atomic mass is 19.4. The minimum Gasteiger partial charge on any atom is -0.464 e. The highest BCUT2D eigenvalue weighted by Gasteiger charge is 2.62. The fourth-order valence-electron chi connectivity index (χ4n) is 2.47. The number of ether oxygens (including phenoxy) is 2. The van der Waals surface area contributed by atoms with Crippen molar-refractivity contribution in [3.8, 4) is 0 Å². The molecular weight excluding hydrogens is 357 g/mol. The molecule has 0 aliphatic rings. The summed E-state index contributed by atoms with van der Waals surface area (Å²) >= 11 is 0. The number of carbonyl (C=O) groups excluding carboxylic acids is 1. The summed E-state index contributed by atoms with van der Waals surface area (Å²) in [5.74, 6) is -1.44. The van der Waals surface area contributed by atoms with Gasteiger partial charge in [-0.05, 0) is 18.1 Å². The molecular formula is C21H21F3O3. The molecule has 0 saturated heterocycles. The maximum absolute atomic E-state index is 13.9. The van der Waals surface area contributed by atoms with E-state index in [9.17, 15) is 18.0 Å². The zero-order chi connectivity index (χ0) is 19.8. The van der Waals surface area contributed by atoms with Gasteiger partial charge in [-0.3, -0.25) is 0 Å². The number of esters is 1. The minimum absolute atomic E-state index is 0.173. The zero-order valence-electron chi connectivity index (χ0n) is 14.9. The summed E-state index contributed by atoms with van der Waals surface area (Å²) in [7, 11) is 0. The first-order valence-electron chi connectivity index (χ1n) is 8.52. The zero-order valence-corrected chi connectivity index (χ0v) is 14.9. The van der Waals surface area contributed by atoms with Gasteiger partial charge in [-0.25, -0.2) is 4.79 Å². The molecule has 0 N–H and O–H groups in total. The predicted octanol–water partition coefficient (Wildman–Crippen LogP) is 5.17. The predicted molar refractivity (Wildman–Crippen MR) is 96.7 cm³/mol. The second kappa shape index (κ2) is 9.37. The average Bonchev–Trinajstić information content (AvgIpc) is 2.65. The molecule has 2 aromatic carbocycles. The van der Waals surface area contributed by atoms with Crippen LogP contribution in [0.4, 0.5) is 13.2 Å². The summed E-state index contributed by atoms with van der Waals surface area (Å²) in [5.41, 5.74) is -1.81. The minimum atomic E-state index is -4.94. The molecule has 0 bridgehead atoms. The van der Waals surface area contributed by atoms with Crippen LogP contribution in [0.2, 0.25) is 0 Å². The molecule has 2 aromatic rings. The molecule has 1 unspecified atom stereocenters. The molecule has 0 radical (unpaired) electrons. The van der Waals surface area contributed by atoms with Crippen molar-refractivity contribution in [3.63, 3.8) is 0 Å². The second-order valence-electron chi connectivity index (χ2n) is 5.84. The Labute approximate surface area is 156 Å². The van der Waals surface area contributed by atoms with Crippen LogP contribution in [0.15, 0.2) is 66.7 Å². The molecule has 0 aromatic heterocycles. The molecule has 0 fully saturated rings. The molecule has 3 nitrogen and oxygen atoms in total. The molecule has 0 heterocycles. The van der Waals surface area contributed by atoms with Crippen LogP contribution in [-0.4, -0.2) is 24.4 Å². The first kappa shape index (κ1) is 20.7. The summed E-state index contributed by atoms with van der Waals surface area (Å²) in [6, 6.07) is 17.2. The van der Waals surface area contributed by atoms with Crippen LogP contribution in [0.5, 0.6) is 0 Å². The van der Waals surface area contributed by atoms with Crippen molar-refractivity contribution in [2.75, 3.05) is 6.61 Å². The van der Waals surface area contributed by atoms with Crippen molar-refractivity contribution in [1.29, 1.82) is 0 Å². The first-order chi connectivity index (χ1) is 12.9. The summed E-state index contributed by atoms with van der Waals surface area (Å²) in [5, 5.41) is 0. The van der Waals surface area contributed by atoms with E-state index in [0.717, 1.165) is 5.56 Å². The topological polar surface area (TPSA) is 35.5 Å². The Morgan fingerprint density at radius 1 is 1.00 bits per heavy atom. The van der Waals surface area contributed by atoms with Crippen LogP contribution in [0.1, 0.15) is 24.5 Å². The number of alkyl halides is 3. The molecule has 0 aliphatic heterocycles. The van der Waals surface area contributed by atoms with Crippen LogP contribution in [0, 0.1) is 0 Å². The molecule has 144 valence electrons. The van der Waals surface area contributed by atoms with Crippen LogP contribution in [0.25, 0.3) is 6.08 Å². The standard InChI is InChI=1S/C21H21F3O3/c1-2-26-19(25)20(21(22,23)24,27-16-18-12-7-4-8-13-18)15-9-14-17-10-5-3-6-11-17/h3-14H,2,15-16H2,1H3/b14-9+. The van der Waals surface area contributed by atoms with Crippen molar-refractivity contribution in [2.24, 2.45) is 0 Å². The van der Waals surface area contributed by atoms with Gasteiger partial charge in [-0.1, -0.05) is 72.8 Å². The largest absolute Gasteiger partial charge is 0.464 e. The van der Waals surface area contributed by atoms with E-state index in [4.69, 9.17) is 9.47 Å². The summed E-state index contributed by atoms with van der Waals surface area (Å²) < 4.78 is 51.6. The number of hydrogen-bond donors (Lipinski definition) is 0. The number of halogens is 3. The summed E-state index contributed by atoms with van der Waals surface area (Å²) in [4.78, 5) is 12.3. The van der Waals surface area contributed by atoms with E-state index in [1.54, 1.807) is 60.7 Å². The lowest BCUT2D eigenvalue weighted by Gasteiger charge is -2.32. The van der Waals surface area contributed by atoms with Crippen LogP contribution in [-0.2, 0) is 20.9 Å². The van der Waals surface area contributed by atoms with Gasteiger partial charge in [-0.2, -0.15) is 13.2 Å². The molecule has 27 heavy (non-hydrogen) atoms. The third-order valence-electron chi connectivity index (χ3n) is 3.91. The smallest absolute Gasteiger partial charge is 0.428 e. The fourth-order valence-corrected chi connectivity index (χ4v) is 2.47. The van der Waals surface area contributed by atoms with Gasteiger partial charge in [-0.15, -0.1) is 0 Å². The van der Waals surface area contributed by atoms with E-state index in [1.165, 1.54) is 19.1 Å². The fraction of sp³-hybridized carbons (Fsp3) is 0.286. The third-order valence-corrected chi connectivity index (χ3v) is 3.91. The lowest BCUT2D eigenvalue weighted by molar-refractivity contribution is -0.279. The maximum atomic E-state index is 13.9. The number of rotatable bonds is 8. The average molecular weight is 378 g/mol. The lowest BCUT2D eigenvalue weighted by Crippen LogP contribution is -2.54. The van der Waals surface area contributed by atoms with E-state index in [-0.39, 0.29) is 13.2 Å². The third kappa shape index (κ3) is 5.44. The quantitative estimate of drug-likeness (QED) is 0.595. The van der Waals surface area contributed by atoms with E-state index in [2.05, 4.69) is 0 Å². The molecule has 0 amide bonds. The van der Waals surface area contributed by atoms with Crippen molar-refractivity contribution >= 4 is 12.0 Å². The van der Waals surface area contributed by atoms with E-state index in [0.29, 0.717) is 5.56 Å². The van der Waals surface area contributed by atoms with Crippen molar-refractivity contribution in [2.45, 2.75) is 31.7 Å². The van der Waals surface area contributed by atoms with Gasteiger partial charge in [0.15, 0.2) is 0 Å². The lowest BCUT2D eigenvalue weighted by atomic mass is 9.97. The molecule has 0 saturated carbocycles. The number of hydrogen-bond acceptors (Lipinski definition) is 3. The normalized spacial score (nSPS) is 14.1. The Balaban J connectivity index is 2.29. The summed E-state index contributed by atoms with van der Waals surface area (Å²) in [6.45, 7) is 0.919. The first-order valence-corrected chi connectivity index (χ1v) is 8.52. The van der Waals surface area contributed by atoms with Gasteiger partial charge in [0.1, 0.15) is 0 Å². The van der Waals surface area contributed by atoms with E-state index in [1.807, 2.05) is 0 Å². The molecule has 0 aliphatic carbocycles. The van der Waals surface area contributed by atoms with Crippen LogP contribution in [0.3, 0.4) is 0 Å². The Morgan fingerprint density at radius 2 is 1.59 bits per heavy atom. The van der Waals surface area contributed by atoms with Crippen LogP contribution < -0.4 is 0 Å². The maximum Gasteiger partial charge on any atom is 0.428 e. The van der Waals surface area contributed by atoms with Gasteiger partial charge in [0, 0.05) is 6.42 Å². The van der Waals surface area contributed by atoms with Crippen LogP contribution >= 0.6 is 0 Å². The Kier molecular flexibility index (Phi) is 7.19. The van der Waals surface area contributed by atoms with Gasteiger partial charge in [0.2, 0.25) is 0 Å². The summed E-state index contributed by atoms with van der Waals surface area (Å²) in [6.07, 6.45) is -2.82. The molecule has 6 heteroatoms. The van der Waals surface area contributed by atoms with Crippen molar-refractivity contribution in [3.05, 3.63) is 77.9 Å². The Hall–Kier alpha value is -2.60. The Bertz CT molecular complexity index is 742. The van der Waals surface area contributed by atoms with E-state index < -0.39 is 24.2 Å². The second-order valence-corrected chi connectivity index (χ2v) is 5.84. The van der Waals surface area contributed by atoms with Gasteiger partial charge in [0.05, 0.1) is 13.2 Å². The molecule has 0 spiro atoms.